The van der Waals surface area contributed by atoms with E-state index in [1.807, 2.05) is 24.3 Å². The quantitative estimate of drug-likeness (QED) is 0.625. The number of anilines is 1. The molecule has 7 heteroatoms. The van der Waals surface area contributed by atoms with Crippen LogP contribution in [-0.2, 0) is 17.6 Å². The van der Waals surface area contributed by atoms with E-state index >= 15 is 0 Å². The smallest absolute Gasteiger partial charge is 0.227 e. The van der Waals surface area contributed by atoms with Crippen LogP contribution in [0.25, 0.3) is 11.4 Å². The van der Waals surface area contributed by atoms with E-state index in [2.05, 4.69) is 15.5 Å². The third-order valence-corrected chi connectivity index (χ3v) is 4.18. The SMILES string of the molecule is Cc1ccc(-c2noc(CCC(=O)NCCc3ccc(N)cc3)n2)cc1F. The van der Waals surface area contributed by atoms with E-state index in [1.165, 1.54) is 6.07 Å². The summed E-state index contributed by atoms with van der Waals surface area (Å²) in [4.78, 5) is 16.2. The van der Waals surface area contributed by atoms with Gasteiger partial charge in [0, 0.05) is 30.6 Å². The van der Waals surface area contributed by atoms with Crippen LogP contribution in [-0.4, -0.2) is 22.6 Å². The van der Waals surface area contributed by atoms with Crippen molar-refractivity contribution >= 4 is 11.6 Å². The minimum atomic E-state index is -0.320. The lowest BCUT2D eigenvalue weighted by atomic mass is 10.1. The number of hydrogen-bond donors (Lipinski definition) is 2. The molecule has 27 heavy (non-hydrogen) atoms. The lowest BCUT2D eigenvalue weighted by Gasteiger charge is -2.04. The van der Waals surface area contributed by atoms with Crippen LogP contribution < -0.4 is 11.1 Å². The van der Waals surface area contributed by atoms with E-state index in [1.54, 1.807) is 19.1 Å². The predicted octanol–water partition coefficient (Wildman–Crippen LogP) is 3.06. The summed E-state index contributed by atoms with van der Waals surface area (Å²) in [5.41, 5.74) is 8.56. The van der Waals surface area contributed by atoms with Crippen molar-refractivity contribution in [3.8, 4) is 11.4 Å². The van der Waals surface area contributed by atoms with Gasteiger partial charge in [0.2, 0.25) is 17.6 Å². The highest BCUT2D eigenvalue weighted by Gasteiger charge is 2.12. The van der Waals surface area contributed by atoms with Crippen molar-refractivity contribution in [2.45, 2.75) is 26.2 Å². The standard InChI is InChI=1S/C20H21FN4O2/c1-13-2-5-15(12-17(13)21)20-24-19(27-25-20)9-8-18(26)23-11-10-14-3-6-16(22)7-4-14/h2-7,12H,8-11,22H2,1H3,(H,23,26). The van der Waals surface area contributed by atoms with Gasteiger partial charge in [-0.05, 0) is 42.7 Å². The van der Waals surface area contributed by atoms with Crippen molar-refractivity contribution in [2.24, 2.45) is 0 Å². The first-order valence-electron chi connectivity index (χ1n) is 8.71. The highest BCUT2D eigenvalue weighted by molar-refractivity contribution is 5.76. The highest BCUT2D eigenvalue weighted by Crippen LogP contribution is 2.19. The lowest BCUT2D eigenvalue weighted by molar-refractivity contribution is -0.121. The van der Waals surface area contributed by atoms with Crippen molar-refractivity contribution in [1.82, 2.24) is 15.5 Å². The largest absolute Gasteiger partial charge is 0.399 e. The number of hydrogen-bond acceptors (Lipinski definition) is 5. The summed E-state index contributed by atoms with van der Waals surface area (Å²) in [6, 6.07) is 12.3. The third kappa shape index (κ3) is 5.13. The Bertz CT molecular complexity index is 922. The molecule has 3 rings (SSSR count). The molecule has 0 bridgehead atoms. The van der Waals surface area contributed by atoms with Gasteiger partial charge in [-0.25, -0.2) is 4.39 Å². The van der Waals surface area contributed by atoms with Crippen LogP contribution in [0.4, 0.5) is 10.1 Å². The zero-order valence-corrected chi connectivity index (χ0v) is 15.0. The maximum Gasteiger partial charge on any atom is 0.227 e. The van der Waals surface area contributed by atoms with Crippen molar-refractivity contribution in [1.29, 1.82) is 0 Å². The van der Waals surface area contributed by atoms with Gasteiger partial charge in [-0.15, -0.1) is 0 Å². The lowest BCUT2D eigenvalue weighted by Crippen LogP contribution is -2.25. The molecule has 0 aliphatic heterocycles. The van der Waals surface area contributed by atoms with Gasteiger partial charge in [0.05, 0.1) is 0 Å². The molecule has 3 N–H and O–H groups in total. The number of carbonyl (C=O) groups excluding carboxylic acids is 1. The summed E-state index contributed by atoms with van der Waals surface area (Å²) < 4.78 is 18.8. The summed E-state index contributed by atoms with van der Waals surface area (Å²) in [6.45, 7) is 2.23. The third-order valence-electron chi connectivity index (χ3n) is 4.18. The Morgan fingerprint density at radius 3 is 2.70 bits per heavy atom. The first-order valence-corrected chi connectivity index (χ1v) is 8.71. The van der Waals surface area contributed by atoms with E-state index in [9.17, 15) is 9.18 Å². The molecule has 0 radical (unpaired) electrons. The summed E-state index contributed by atoms with van der Waals surface area (Å²) in [6.07, 6.45) is 1.30. The Morgan fingerprint density at radius 2 is 1.96 bits per heavy atom. The fourth-order valence-electron chi connectivity index (χ4n) is 2.55. The van der Waals surface area contributed by atoms with Crippen LogP contribution >= 0.6 is 0 Å². The van der Waals surface area contributed by atoms with E-state index in [-0.39, 0.29) is 18.1 Å². The minimum Gasteiger partial charge on any atom is -0.399 e. The number of aromatic nitrogens is 2. The zero-order valence-electron chi connectivity index (χ0n) is 15.0. The number of amides is 1. The second-order valence-electron chi connectivity index (χ2n) is 6.32. The molecule has 1 aromatic heterocycles. The molecule has 0 saturated carbocycles. The minimum absolute atomic E-state index is 0.0911. The fraction of sp³-hybridized carbons (Fsp3) is 0.250. The van der Waals surface area contributed by atoms with Gasteiger partial charge in [-0.2, -0.15) is 4.98 Å². The molecule has 0 aliphatic rings. The number of benzene rings is 2. The van der Waals surface area contributed by atoms with Gasteiger partial charge >= 0.3 is 0 Å². The van der Waals surface area contributed by atoms with Gasteiger partial charge in [-0.1, -0.05) is 29.4 Å². The van der Waals surface area contributed by atoms with Crippen LogP contribution in [0.5, 0.6) is 0 Å². The normalized spacial score (nSPS) is 10.7. The molecule has 2 aromatic carbocycles. The molecule has 6 nitrogen and oxygen atoms in total. The molecular weight excluding hydrogens is 347 g/mol. The Kier molecular flexibility index (Phi) is 5.80. The molecule has 0 aliphatic carbocycles. The average Bonchev–Trinajstić information content (AvgIpc) is 3.13. The van der Waals surface area contributed by atoms with Gasteiger partial charge < -0.3 is 15.6 Å². The van der Waals surface area contributed by atoms with Crippen LogP contribution in [0, 0.1) is 12.7 Å². The first kappa shape index (κ1) is 18.6. The van der Waals surface area contributed by atoms with E-state index in [0.717, 1.165) is 17.7 Å². The summed E-state index contributed by atoms with van der Waals surface area (Å²) in [5.74, 6) is 0.248. The second kappa shape index (κ2) is 8.44. The molecule has 0 saturated heterocycles. The maximum atomic E-state index is 13.6. The summed E-state index contributed by atoms with van der Waals surface area (Å²) >= 11 is 0. The van der Waals surface area contributed by atoms with Crippen molar-refractivity contribution in [3.63, 3.8) is 0 Å². The topological polar surface area (TPSA) is 94.0 Å². The molecular formula is C20H21FN4O2. The van der Waals surface area contributed by atoms with Gasteiger partial charge in [0.15, 0.2) is 0 Å². The predicted molar refractivity (Wildman–Crippen MR) is 100 cm³/mol. The van der Waals surface area contributed by atoms with Gasteiger partial charge in [0.1, 0.15) is 5.82 Å². The van der Waals surface area contributed by atoms with Crippen LogP contribution in [0.15, 0.2) is 47.0 Å². The van der Waals surface area contributed by atoms with Gasteiger partial charge in [0.25, 0.3) is 0 Å². The number of nitrogens with two attached hydrogens (primary N) is 1. The van der Waals surface area contributed by atoms with Crippen molar-refractivity contribution in [2.75, 3.05) is 12.3 Å². The molecule has 0 spiro atoms. The van der Waals surface area contributed by atoms with Crippen LogP contribution in [0.2, 0.25) is 0 Å². The molecule has 0 fully saturated rings. The number of aryl methyl sites for hydroxylation is 2. The Balaban J connectivity index is 1.45. The number of carbonyl (C=O) groups is 1. The molecule has 1 heterocycles. The Morgan fingerprint density at radius 1 is 1.19 bits per heavy atom. The van der Waals surface area contributed by atoms with E-state index in [4.69, 9.17) is 10.3 Å². The molecule has 1 amide bonds. The summed E-state index contributed by atoms with van der Waals surface area (Å²) in [7, 11) is 0. The van der Waals surface area contributed by atoms with Crippen LogP contribution in [0.3, 0.4) is 0 Å². The van der Waals surface area contributed by atoms with E-state index < -0.39 is 0 Å². The zero-order chi connectivity index (χ0) is 19.2. The molecule has 3 aromatic rings. The Hall–Kier alpha value is -3.22. The molecule has 140 valence electrons. The van der Waals surface area contributed by atoms with E-state index in [0.29, 0.717) is 35.8 Å². The number of halogens is 1. The van der Waals surface area contributed by atoms with Crippen molar-refractivity contribution < 1.29 is 13.7 Å². The van der Waals surface area contributed by atoms with Crippen LogP contribution in [0.1, 0.15) is 23.4 Å². The number of nitrogen functional groups attached to an aromatic ring is 1. The molecule has 0 atom stereocenters. The monoisotopic (exact) mass is 368 g/mol. The Labute approximate surface area is 156 Å². The average molecular weight is 368 g/mol. The fourth-order valence-corrected chi connectivity index (χ4v) is 2.55. The number of nitrogens with zero attached hydrogens (tertiary/aromatic N) is 2. The molecule has 0 unspecified atom stereocenters. The van der Waals surface area contributed by atoms with Crippen molar-refractivity contribution in [3.05, 3.63) is 65.3 Å². The highest BCUT2D eigenvalue weighted by atomic mass is 19.1. The summed E-state index contributed by atoms with van der Waals surface area (Å²) in [5, 5.41) is 6.71. The maximum absolute atomic E-state index is 13.6. The second-order valence-corrected chi connectivity index (χ2v) is 6.32. The first-order chi connectivity index (χ1) is 13.0. The number of nitrogens with one attached hydrogen (secondary N) is 1. The van der Waals surface area contributed by atoms with Gasteiger partial charge in [-0.3, -0.25) is 4.79 Å². The number of rotatable bonds is 7.